The number of carbonyl (C=O) groups excluding carboxylic acids is 1. The van der Waals surface area contributed by atoms with E-state index in [4.69, 9.17) is 14.2 Å². The molecule has 184 valence electrons. The van der Waals surface area contributed by atoms with Gasteiger partial charge in [0.15, 0.2) is 11.5 Å². The molecule has 0 radical (unpaired) electrons. The predicted molar refractivity (Wildman–Crippen MR) is 132 cm³/mol. The van der Waals surface area contributed by atoms with E-state index in [2.05, 4.69) is 11.6 Å². The standard InChI is InChI=1S/C27H29NO6S/c1-4-7-20-8-5-6-9-23(20)34-26(21-12-15-24-25(16-21)33-17-32-24)27(29)28-35(30,31)22-13-10-19(11-14-22)18(2)3/h5-6,8-16,18,26H,4,7,17H2,1-3H3,(H,28,29). The molecule has 1 aliphatic rings. The molecule has 1 heterocycles. The summed E-state index contributed by atoms with van der Waals surface area (Å²) in [7, 11) is -4.11. The number of ether oxygens (including phenoxy) is 3. The van der Waals surface area contributed by atoms with Gasteiger partial charge in [0.1, 0.15) is 5.75 Å². The Morgan fingerprint density at radius 2 is 1.66 bits per heavy atom. The minimum atomic E-state index is -4.11. The molecular formula is C27H29NO6S. The average Bonchev–Trinajstić information content (AvgIpc) is 3.31. The molecule has 1 unspecified atom stereocenters. The second kappa shape index (κ2) is 10.4. The molecule has 1 atom stereocenters. The molecule has 0 spiro atoms. The highest BCUT2D eigenvalue weighted by molar-refractivity contribution is 7.90. The van der Waals surface area contributed by atoms with Gasteiger partial charge in [-0.3, -0.25) is 4.79 Å². The number of fused-ring (bicyclic) bond motifs is 1. The van der Waals surface area contributed by atoms with Crippen LogP contribution in [-0.2, 0) is 21.2 Å². The van der Waals surface area contributed by atoms with E-state index in [9.17, 15) is 13.2 Å². The summed E-state index contributed by atoms with van der Waals surface area (Å²) >= 11 is 0. The van der Waals surface area contributed by atoms with Crippen molar-refractivity contribution in [3.63, 3.8) is 0 Å². The topological polar surface area (TPSA) is 90.9 Å². The van der Waals surface area contributed by atoms with Crippen LogP contribution in [0.5, 0.6) is 17.2 Å². The zero-order chi connectivity index (χ0) is 25.0. The summed E-state index contributed by atoms with van der Waals surface area (Å²) in [6.45, 7) is 6.18. The Balaban J connectivity index is 1.66. The zero-order valence-corrected chi connectivity index (χ0v) is 20.8. The summed E-state index contributed by atoms with van der Waals surface area (Å²) in [5.74, 6) is 0.998. The average molecular weight is 496 g/mol. The summed E-state index contributed by atoms with van der Waals surface area (Å²) in [6, 6.07) is 18.9. The number of hydrogen-bond acceptors (Lipinski definition) is 6. The monoisotopic (exact) mass is 495 g/mol. The van der Waals surface area contributed by atoms with Gasteiger partial charge in [0.2, 0.25) is 12.9 Å². The molecular weight excluding hydrogens is 466 g/mol. The number of sulfonamides is 1. The molecule has 0 saturated heterocycles. The van der Waals surface area contributed by atoms with E-state index in [1.165, 1.54) is 12.1 Å². The maximum atomic E-state index is 13.4. The van der Waals surface area contributed by atoms with Crippen molar-refractivity contribution in [1.29, 1.82) is 0 Å². The van der Waals surface area contributed by atoms with Gasteiger partial charge in [-0.15, -0.1) is 0 Å². The first kappa shape index (κ1) is 24.6. The first-order valence-corrected chi connectivity index (χ1v) is 13.1. The van der Waals surface area contributed by atoms with E-state index in [1.54, 1.807) is 36.4 Å². The third-order valence-corrected chi connectivity index (χ3v) is 7.13. The van der Waals surface area contributed by atoms with Crippen LogP contribution in [-0.4, -0.2) is 21.1 Å². The summed E-state index contributed by atoms with van der Waals surface area (Å²) in [5, 5.41) is 0. The van der Waals surface area contributed by atoms with Crippen LogP contribution in [0.15, 0.2) is 71.6 Å². The molecule has 3 aromatic carbocycles. The van der Waals surface area contributed by atoms with Crippen molar-refractivity contribution in [1.82, 2.24) is 4.72 Å². The van der Waals surface area contributed by atoms with Crippen LogP contribution in [0.2, 0.25) is 0 Å². The normalized spacial score (nSPS) is 13.5. The van der Waals surface area contributed by atoms with Crippen molar-refractivity contribution in [2.45, 2.75) is 50.5 Å². The van der Waals surface area contributed by atoms with Crippen LogP contribution in [0.4, 0.5) is 0 Å². The summed E-state index contributed by atoms with van der Waals surface area (Å²) in [6.07, 6.45) is 0.418. The number of carbonyl (C=O) groups is 1. The lowest BCUT2D eigenvalue weighted by Gasteiger charge is -2.21. The third-order valence-electron chi connectivity index (χ3n) is 5.77. The van der Waals surface area contributed by atoms with Gasteiger partial charge in [-0.1, -0.05) is 63.6 Å². The molecule has 0 saturated carbocycles. The minimum Gasteiger partial charge on any atom is -0.475 e. The Kier molecular flexibility index (Phi) is 7.31. The number of hydrogen-bond donors (Lipinski definition) is 1. The molecule has 8 heteroatoms. The second-order valence-corrected chi connectivity index (χ2v) is 10.3. The van der Waals surface area contributed by atoms with Crippen LogP contribution in [0.3, 0.4) is 0 Å². The second-order valence-electron chi connectivity index (χ2n) is 8.66. The van der Waals surface area contributed by atoms with E-state index in [0.717, 1.165) is 24.0 Å². The first-order chi connectivity index (χ1) is 16.8. The van der Waals surface area contributed by atoms with Crippen LogP contribution in [0, 0.1) is 0 Å². The predicted octanol–water partition coefficient (Wildman–Crippen LogP) is 5.12. The zero-order valence-electron chi connectivity index (χ0n) is 20.0. The SMILES string of the molecule is CCCc1ccccc1OC(C(=O)NS(=O)(=O)c1ccc(C(C)C)cc1)c1ccc2c(c1)OCO2. The van der Waals surface area contributed by atoms with Gasteiger partial charge in [0.25, 0.3) is 15.9 Å². The van der Waals surface area contributed by atoms with E-state index in [1.807, 2.05) is 32.0 Å². The van der Waals surface area contributed by atoms with Crippen molar-refractivity contribution in [2.75, 3.05) is 6.79 Å². The Labute approximate surface area is 206 Å². The molecule has 0 aliphatic carbocycles. The van der Waals surface area contributed by atoms with Crippen LogP contribution in [0.1, 0.15) is 55.9 Å². The van der Waals surface area contributed by atoms with E-state index < -0.39 is 22.0 Å². The van der Waals surface area contributed by atoms with Gasteiger partial charge in [0.05, 0.1) is 4.90 Å². The van der Waals surface area contributed by atoms with Crippen LogP contribution < -0.4 is 18.9 Å². The maximum absolute atomic E-state index is 13.4. The highest BCUT2D eigenvalue weighted by atomic mass is 32.2. The number of rotatable bonds is 9. The highest BCUT2D eigenvalue weighted by Crippen LogP contribution is 2.36. The Bertz CT molecular complexity index is 1300. The van der Waals surface area contributed by atoms with E-state index >= 15 is 0 Å². The number of amides is 1. The molecule has 35 heavy (non-hydrogen) atoms. The number of aryl methyl sites for hydroxylation is 1. The molecule has 7 nitrogen and oxygen atoms in total. The molecule has 0 aromatic heterocycles. The molecule has 0 bridgehead atoms. The van der Waals surface area contributed by atoms with Gasteiger partial charge in [-0.25, -0.2) is 13.1 Å². The van der Waals surface area contributed by atoms with E-state index in [0.29, 0.717) is 22.8 Å². The summed E-state index contributed by atoms with van der Waals surface area (Å²) in [4.78, 5) is 13.4. The van der Waals surface area contributed by atoms with Gasteiger partial charge in [0, 0.05) is 5.56 Å². The number of nitrogens with one attached hydrogen (secondary N) is 1. The van der Waals surface area contributed by atoms with Crippen LogP contribution in [0.25, 0.3) is 0 Å². The fraction of sp³-hybridized carbons (Fsp3) is 0.296. The highest BCUT2D eigenvalue weighted by Gasteiger charge is 2.30. The van der Waals surface area contributed by atoms with Gasteiger partial charge in [-0.2, -0.15) is 0 Å². The van der Waals surface area contributed by atoms with Gasteiger partial charge < -0.3 is 14.2 Å². The van der Waals surface area contributed by atoms with Crippen LogP contribution >= 0.6 is 0 Å². The lowest BCUT2D eigenvalue weighted by Crippen LogP contribution is -2.37. The lowest BCUT2D eigenvalue weighted by atomic mass is 10.0. The Hall–Kier alpha value is -3.52. The first-order valence-electron chi connectivity index (χ1n) is 11.6. The minimum absolute atomic E-state index is 0.00562. The molecule has 1 N–H and O–H groups in total. The Morgan fingerprint density at radius 1 is 0.971 bits per heavy atom. The van der Waals surface area contributed by atoms with Crippen molar-refractivity contribution < 1.29 is 27.4 Å². The molecule has 1 amide bonds. The molecule has 0 fully saturated rings. The largest absolute Gasteiger partial charge is 0.475 e. The maximum Gasteiger partial charge on any atom is 0.279 e. The quantitative estimate of drug-likeness (QED) is 0.443. The third kappa shape index (κ3) is 5.59. The van der Waals surface area contributed by atoms with Crippen molar-refractivity contribution >= 4 is 15.9 Å². The molecule has 3 aromatic rings. The lowest BCUT2D eigenvalue weighted by molar-refractivity contribution is -0.126. The van der Waals surface area contributed by atoms with Crippen molar-refractivity contribution in [2.24, 2.45) is 0 Å². The number of benzene rings is 3. The fourth-order valence-electron chi connectivity index (χ4n) is 3.85. The smallest absolute Gasteiger partial charge is 0.279 e. The van der Waals surface area contributed by atoms with Gasteiger partial charge in [-0.05, 0) is 53.8 Å². The van der Waals surface area contributed by atoms with E-state index in [-0.39, 0.29) is 17.6 Å². The number of para-hydroxylation sites is 1. The van der Waals surface area contributed by atoms with Crippen molar-refractivity contribution in [3.05, 3.63) is 83.4 Å². The van der Waals surface area contributed by atoms with Crippen molar-refractivity contribution in [3.8, 4) is 17.2 Å². The summed E-state index contributed by atoms with van der Waals surface area (Å²) < 4.78 is 45.3. The molecule has 4 rings (SSSR count). The summed E-state index contributed by atoms with van der Waals surface area (Å²) in [5.41, 5.74) is 2.38. The fourth-order valence-corrected chi connectivity index (χ4v) is 4.83. The van der Waals surface area contributed by atoms with Gasteiger partial charge >= 0.3 is 0 Å². The molecule has 1 aliphatic heterocycles. The Morgan fingerprint density at radius 3 is 2.37 bits per heavy atom.